The number of aliphatic imine (C=N–C) groups is 1. The van der Waals surface area contributed by atoms with Crippen LogP contribution in [0.25, 0.3) is 5.52 Å². The molecule has 3 N–H and O–H groups in total. The van der Waals surface area contributed by atoms with Gasteiger partial charge in [0.15, 0.2) is 11.6 Å². The summed E-state index contributed by atoms with van der Waals surface area (Å²) in [5.41, 5.74) is 3.38. The minimum atomic E-state index is -0.0718. The summed E-state index contributed by atoms with van der Waals surface area (Å²) in [7, 11) is 1.99. The van der Waals surface area contributed by atoms with E-state index >= 15 is 0 Å². The van der Waals surface area contributed by atoms with Gasteiger partial charge in [-0.1, -0.05) is 6.07 Å². The van der Waals surface area contributed by atoms with Gasteiger partial charge in [0.2, 0.25) is 6.33 Å². The summed E-state index contributed by atoms with van der Waals surface area (Å²) >= 11 is 0. The van der Waals surface area contributed by atoms with E-state index in [2.05, 4.69) is 20.3 Å². The van der Waals surface area contributed by atoms with Gasteiger partial charge in [-0.3, -0.25) is 4.79 Å². The van der Waals surface area contributed by atoms with Crippen molar-refractivity contribution in [2.75, 3.05) is 25.0 Å². The summed E-state index contributed by atoms with van der Waals surface area (Å²) in [6, 6.07) is 5.81. The molecule has 0 radical (unpaired) electrons. The van der Waals surface area contributed by atoms with Gasteiger partial charge in [0, 0.05) is 18.8 Å². The molecule has 0 amide bonds. The third-order valence-corrected chi connectivity index (χ3v) is 4.95. The number of pyridine rings is 1. The van der Waals surface area contributed by atoms with Gasteiger partial charge >= 0.3 is 0 Å². The molecule has 0 saturated heterocycles. The fourth-order valence-electron chi connectivity index (χ4n) is 3.37. The van der Waals surface area contributed by atoms with Gasteiger partial charge in [-0.25, -0.2) is 18.6 Å². The number of anilines is 1. The van der Waals surface area contributed by atoms with Crippen LogP contribution in [0.4, 0.5) is 11.5 Å². The van der Waals surface area contributed by atoms with Gasteiger partial charge in [-0.05, 0) is 30.7 Å². The molecule has 4 rings (SSSR count). The molecule has 1 aliphatic rings. The summed E-state index contributed by atoms with van der Waals surface area (Å²) in [5, 5.41) is 20.3. The minimum absolute atomic E-state index is 0. The topological polar surface area (TPSA) is 99.8 Å². The second kappa shape index (κ2) is 10.3. The van der Waals surface area contributed by atoms with E-state index in [1.807, 2.05) is 54.7 Å². The first-order valence-corrected chi connectivity index (χ1v) is 10.2. The molecule has 32 heavy (non-hydrogen) atoms. The summed E-state index contributed by atoms with van der Waals surface area (Å²) in [6.45, 7) is 3.52. The number of nitrogens with one attached hydrogen (secondary N) is 2. The number of rotatable bonds is 8. The van der Waals surface area contributed by atoms with Crippen molar-refractivity contribution in [3.8, 4) is 0 Å². The van der Waals surface area contributed by atoms with Crippen molar-refractivity contribution < 1.29 is 26.9 Å². The Morgan fingerprint density at radius 3 is 2.78 bits per heavy atom. The van der Waals surface area contributed by atoms with Crippen LogP contribution in [0.5, 0.6) is 0 Å². The van der Waals surface area contributed by atoms with Crippen molar-refractivity contribution in [3.05, 3.63) is 66.5 Å². The number of aliphatic hydroxyl groups is 1. The highest BCUT2D eigenvalue weighted by atomic mass is 35.5. The highest BCUT2D eigenvalue weighted by Crippen LogP contribution is 2.31. The molecule has 0 bridgehead atoms. The van der Waals surface area contributed by atoms with Crippen molar-refractivity contribution >= 4 is 28.5 Å². The first kappa shape index (κ1) is 23.2. The molecule has 9 nitrogen and oxygen atoms in total. The fraction of sp³-hybridized carbons (Fsp3) is 0.273. The Bertz CT molecular complexity index is 1210. The van der Waals surface area contributed by atoms with Crippen molar-refractivity contribution in [3.63, 3.8) is 0 Å². The number of carbonyl (C=O) groups is 1. The quantitative estimate of drug-likeness (QED) is 0.273. The molecule has 0 saturated carbocycles. The van der Waals surface area contributed by atoms with Gasteiger partial charge < -0.3 is 28.1 Å². The average molecular weight is 456 g/mol. The van der Waals surface area contributed by atoms with Crippen LogP contribution in [0.1, 0.15) is 6.92 Å². The monoisotopic (exact) mass is 455 g/mol. The van der Waals surface area contributed by atoms with Crippen LogP contribution in [0.15, 0.2) is 71.5 Å². The van der Waals surface area contributed by atoms with E-state index in [9.17, 15) is 9.90 Å². The van der Waals surface area contributed by atoms with Crippen LogP contribution < -0.4 is 27.6 Å². The standard InChI is InChI=1S/C22H25N7O2.ClH/c1-16-13-18(17(14-20(16)31)23-7-12-30)25-21-19-5-3-4-8-29(19)26-22(21)24-6-9-28-11-10-27(2)15-28;/h3-5,8,10-11,13-15,30H,6-7,9,12H2,1-2H3,(H-,23,24,26,31);1H/b25-18+;. The van der Waals surface area contributed by atoms with E-state index in [0.29, 0.717) is 41.6 Å². The van der Waals surface area contributed by atoms with E-state index in [1.165, 1.54) is 6.08 Å². The number of allylic oxidation sites excluding steroid dienone is 3. The van der Waals surface area contributed by atoms with Gasteiger partial charge in [-0.2, -0.15) is 0 Å². The summed E-state index contributed by atoms with van der Waals surface area (Å²) in [6.07, 6.45) is 11.2. The van der Waals surface area contributed by atoms with E-state index in [4.69, 9.17) is 4.99 Å². The first-order chi connectivity index (χ1) is 15.0. The second-order valence-electron chi connectivity index (χ2n) is 7.37. The number of carbonyl (C=O) groups excluding carboxylic acids is 1. The molecule has 0 fully saturated rings. The number of hydrogen-bond acceptors (Lipinski definition) is 6. The number of aromatic nitrogens is 4. The zero-order chi connectivity index (χ0) is 21.8. The van der Waals surface area contributed by atoms with Crippen molar-refractivity contribution in [2.24, 2.45) is 12.0 Å². The number of imidazole rings is 1. The van der Waals surface area contributed by atoms with E-state index < -0.39 is 0 Å². The highest BCUT2D eigenvalue weighted by molar-refractivity contribution is 6.22. The lowest BCUT2D eigenvalue weighted by Gasteiger charge is -2.15. The number of fused-ring (bicyclic) bond motifs is 1. The van der Waals surface area contributed by atoms with E-state index in [1.54, 1.807) is 17.5 Å². The number of ketones is 1. The Labute approximate surface area is 192 Å². The molecule has 168 valence electrons. The molecule has 0 aliphatic heterocycles. The maximum absolute atomic E-state index is 12.1. The Hall–Kier alpha value is -3.43. The zero-order valence-electron chi connectivity index (χ0n) is 18.0. The molecule has 10 heteroatoms. The summed E-state index contributed by atoms with van der Waals surface area (Å²) in [5.74, 6) is 0.595. The molecule has 0 unspecified atom stereocenters. The number of nitrogens with zero attached hydrogens (tertiary/aromatic N) is 5. The molecule has 0 atom stereocenters. The van der Waals surface area contributed by atoms with Crippen molar-refractivity contribution in [1.82, 2.24) is 19.5 Å². The maximum atomic E-state index is 12.1. The number of hydrogen-bond donors (Lipinski definition) is 3. The average Bonchev–Trinajstić information content (AvgIpc) is 3.33. The van der Waals surface area contributed by atoms with E-state index in [0.717, 1.165) is 12.1 Å². The second-order valence-corrected chi connectivity index (χ2v) is 7.37. The number of halogens is 1. The molecular weight excluding hydrogens is 430 g/mol. The normalized spacial score (nSPS) is 14.8. The molecule has 0 aromatic carbocycles. The smallest absolute Gasteiger partial charge is 0.243 e. The van der Waals surface area contributed by atoms with Crippen molar-refractivity contribution in [1.29, 1.82) is 0 Å². The van der Waals surface area contributed by atoms with Gasteiger partial charge in [0.1, 0.15) is 24.6 Å². The third-order valence-electron chi connectivity index (χ3n) is 4.95. The predicted octanol–water partition coefficient (Wildman–Crippen LogP) is -1.86. The Morgan fingerprint density at radius 2 is 2.03 bits per heavy atom. The van der Waals surface area contributed by atoms with Crippen LogP contribution >= 0.6 is 0 Å². The predicted molar refractivity (Wildman–Crippen MR) is 118 cm³/mol. The fourth-order valence-corrected chi connectivity index (χ4v) is 3.37. The maximum Gasteiger partial charge on any atom is 0.243 e. The van der Waals surface area contributed by atoms with Gasteiger partial charge in [0.05, 0.1) is 37.1 Å². The third kappa shape index (κ3) is 5.06. The number of aryl methyl sites for hydroxylation is 1. The zero-order valence-corrected chi connectivity index (χ0v) is 18.8. The molecule has 0 spiro atoms. The van der Waals surface area contributed by atoms with Crippen LogP contribution in [-0.2, 0) is 18.4 Å². The van der Waals surface area contributed by atoms with Crippen LogP contribution in [-0.4, -0.2) is 50.5 Å². The number of aliphatic hydroxyl groups excluding tert-OH is 1. The molecule has 3 heterocycles. The van der Waals surface area contributed by atoms with Gasteiger partial charge in [-0.15, -0.1) is 5.10 Å². The molecule has 1 aliphatic carbocycles. The Morgan fingerprint density at radius 1 is 1.19 bits per heavy atom. The van der Waals surface area contributed by atoms with E-state index in [-0.39, 0.29) is 24.8 Å². The molecular formula is C22H26ClN7O2. The summed E-state index contributed by atoms with van der Waals surface area (Å²) < 4.78 is 5.87. The largest absolute Gasteiger partial charge is 1.00 e. The summed E-state index contributed by atoms with van der Waals surface area (Å²) in [4.78, 5) is 17.0. The lowest BCUT2D eigenvalue weighted by atomic mass is 10.0. The SMILES string of the molecule is CC1=C/C(=N\c2c(NCCn3cc[n+](C)c3)nn3ccccc23)C(NCCO)=CC1=O.[Cl-]. The lowest BCUT2D eigenvalue weighted by Crippen LogP contribution is -3.00. The van der Waals surface area contributed by atoms with Crippen molar-refractivity contribution in [2.45, 2.75) is 13.5 Å². The molecule has 3 aromatic heterocycles. The first-order valence-electron chi connectivity index (χ1n) is 10.2. The van der Waals surface area contributed by atoms with Crippen LogP contribution in [0.2, 0.25) is 0 Å². The minimum Gasteiger partial charge on any atom is -1.00 e. The van der Waals surface area contributed by atoms with Gasteiger partial charge in [0.25, 0.3) is 0 Å². The highest BCUT2D eigenvalue weighted by Gasteiger charge is 2.19. The Kier molecular flexibility index (Phi) is 7.45. The van der Waals surface area contributed by atoms with Crippen LogP contribution in [0.3, 0.4) is 0 Å². The lowest BCUT2D eigenvalue weighted by molar-refractivity contribution is -0.671. The van der Waals surface area contributed by atoms with Crippen LogP contribution in [0, 0.1) is 0 Å². The molecule has 3 aromatic rings. The Balaban J connectivity index is 0.00000289.